The van der Waals surface area contributed by atoms with Gasteiger partial charge in [-0.25, -0.2) is 8.42 Å². The molecule has 126 valence electrons. The molecule has 2 aliphatic heterocycles. The third-order valence-corrected chi connectivity index (χ3v) is 6.96. The van der Waals surface area contributed by atoms with Gasteiger partial charge in [-0.1, -0.05) is 30.3 Å². The summed E-state index contributed by atoms with van der Waals surface area (Å²) in [6, 6.07) is 10.5. The largest absolute Gasteiger partial charge is 0.342 e. The number of aryl methyl sites for hydroxylation is 1. The van der Waals surface area contributed by atoms with Crippen LogP contribution >= 0.6 is 0 Å². The van der Waals surface area contributed by atoms with Crippen LogP contribution in [0.15, 0.2) is 30.3 Å². The van der Waals surface area contributed by atoms with Crippen LogP contribution in [-0.2, 0) is 21.1 Å². The van der Waals surface area contributed by atoms with Gasteiger partial charge in [0.25, 0.3) is 0 Å². The number of sulfone groups is 1. The number of hydrogen-bond donors (Lipinski definition) is 0. The number of benzene rings is 1. The molecule has 2 fully saturated rings. The lowest BCUT2D eigenvalue weighted by Crippen LogP contribution is -2.42. The highest BCUT2D eigenvalue weighted by Crippen LogP contribution is 2.26. The Morgan fingerprint density at radius 3 is 2.39 bits per heavy atom. The van der Waals surface area contributed by atoms with Crippen LogP contribution in [0.3, 0.4) is 0 Å². The van der Waals surface area contributed by atoms with Crippen molar-refractivity contribution >= 4 is 15.7 Å². The molecule has 0 radical (unpaired) electrons. The minimum Gasteiger partial charge on any atom is -0.342 e. The molecule has 2 heterocycles. The fourth-order valence-electron chi connectivity index (χ4n) is 3.71. The maximum absolute atomic E-state index is 12.4. The Labute approximate surface area is 138 Å². The summed E-state index contributed by atoms with van der Waals surface area (Å²) < 4.78 is 23.1. The molecule has 0 aliphatic carbocycles. The molecule has 1 atom stereocenters. The topological polar surface area (TPSA) is 54.5 Å². The zero-order valence-electron chi connectivity index (χ0n) is 13.5. The number of likely N-dealkylation sites (tertiary alicyclic amines) is 1. The Hall–Kier alpha value is -1.36. The molecule has 4 nitrogen and oxygen atoms in total. The molecule has 1 aromatic carbocycles. The number of piperidine rings is 1. The van der Waals surface area contributed by atoms with Gasteiger partial charge in [0.15, 0.2) is 9.84 Å². The number of carbonyl (C=O) groups is 1. The predicted molar refractivity (Wildman–Crippen MR) is 90.8 cm³/mol. The van der Waals surface area contributed by atoms with E-state index in [4.69, 9.17) is 0 Å². The van der Waals surface area contributed by atoms with Crippen molar-refractivity contribution in [1.29, 1.82) is 0 Å². The van der Waals surface area contributed by atoms with Crippen molar-refractivity contribution in [3.63, 3.8) is 0 Å². The lowest BCUT2D eigenvalue weighted by atomic mass is 9.90. The summed E-state index contributed by atoms with van der Waals surface area (Å²) in [6.45, 7) is 1.57. The van der Waals surface area contributed by atoms with Crippen molar-refractivity contribution in [1.82, 2.24) is 4.90 Å². The first kappa shape index (κ1) is 16.5. The van der Waals surface area contributed by atoms with Crippen molar-refractivity contribution < 1.29 is 13.2 Å². The van der Waals surface area contributed by atoms with Gasteiger partial charge in [0, 0.05) is 13.1 Å². The van der Waals surface area contributed by atoms with Gasteiger partial charge in [0.05, 0.1) is 17.4 Å². The van der Waals surface area contributed by atoms with Gasteiger partial charge >= 0.3 is 0 Å². The van der Waals surface area contributed by atoms with E-state index in [9.17, 15) is 13.2 Å². The second-order valence-electron chi connectivity index (χ2n) is 6.89. The smallest absolute Gasteiger partial charge is 0.226 e. The van der Waals surface area contributed by atoms with Crippen LogP contribution in [0.2, 0.25) is 0 Å². The minimum atomic E-state index is -2.98. The molecule has 0 aromatic heterocycles. The maximum atomic E-state index is 12.4. The summed E-state index contributed by atoms with van der Waals surface area (Å²) in [5, 5.41) is 0. The van der Waals surface area contributed by atoms with Gasteiger partial charge in [-0.2, -0.15) is 0 Å². The molecule has 0 spiro atoms. The fourth-order valence-corrected chi connectivity index (χ4v) is 5.44. The molecule has 5 heteroatoms. The van der Waals surface area contributed by atoms with Crippen LogP contribution in [-0.4, -0.2) is 43.8 Å². The number of nitrogens with zero attached hydrogens (tertiary/aromatic N) is 1. The van der Waals surface area contributed by atoms with Gasteiger partial charge in [-0.15, -0.1) is 0 Å². The molecule has 0 saturated carbocycles. The summed E-state index contributed by atoms with van der Waals surface area (Å²) in [7, 11) is -2.98. The highest BCUT2D eigenvalue weighted by Gasteiger charge is 2.36. The zero-order valence-corrected chi connectivity index (χ0v) is 14.3. The normalized spacial score (nSPS) is 24.7. The Morgan fingerprint density at radius 1 is 1.09 bits per heavy atom. The monoisotopic (exact) mass is 335 g/mol. The van der Waals surface area contributed by atoms with Crippen molar-refractivity contribution in [3.05, 3.63) is 35.9 Å². The summed E-state index contributed by atoms with van der Waals surface area (Å²) in [5.74, 6) is 0.677. The Balaban J connectivity index is 1.44. The van der Waals surface area contributed by atoms with Gasteiger partial charge in [0.2, 0.25) is 5.91 Å². The average molecular weight is 335 g/mol. The Kier molecular flexibility index (Phi) is 5.05. The van der Waals surface area contributed by atoms with E-state index in [-0.39, 0.29) is 23.3 Å². The van der Waals surface area contributed by atoms with E-state index in [2.05, 4.69) is 24.3 Å². The quantitative estimate of drug-likeness (QED) is 0.848. The lowest BCUT2D eigenvalue weighted by Gasteiger charge is -2.33. The first-order valence-corrected chi connectivity index (χ1v) is 10.4. The fraction of sp³-hybridized carbons (Fsp3) is 0.611. The Bertz CT molecular complexity index is 633. The number of carbonyl (C=O) groups excluding carboxylic acids is 1. The first-order valence-electron chi connectivity index (χ1n) is 8.57. The van der Waals surface area contributed by atoms with Gasteiger partial charge in [-0.3, -0.25) is 4.79 Å². The van der Waals surface area contributed by atoms with Crippen molar-refractivity contribution in [2.45, 2.75) is 32.1 Å². The van der Waals surface area contributed by atoms with Crippen LogP contribution in [0.25, 0.3) is 0 Å². The molecular weight excluding hydrogens is 310 g/mol. The van der Waals surface area contributed by atoms with E-state index in [0.717, 1.165) is 32.4 Å². The van der Waals surface area contributed by atoms with Crippen LogP contribution in [0, 0.1) is 11.8 Å². The van der Waals surface area contributed by atoms with Gasteiger partial charge in [-0.05, 0) is 43.6 Å². The van der Waals surface area contributed by atoms with E-state index in [0.29, 0.717) is 12.3 Å². The highest BCUT2D eigenvalue weighted by atomic mass is 32.2. The Morgan fingerprint density at radius 2 is 1.78 bits per heavy atom. The van der Waals surface area contributed by atoms with Gasteiger partial charge in [0.1, 0.15) is 0 Å². The highest BCUT2D eigenvalue weighted by molar-refractivity contribution is 7.91. The minimum absolute atomic E-state index is 0.0553. The molecule has 3 rings (SSSR count). The molecule has 0 N–H and O–H groups in total. The first-order chi connectivity index (χ1) is 11.0. The number of amides is 1. The van der Waals surface area contributed by atoms with Crippen molar-refractivity contribution in [3.8, 4) is 0 Å². The molecule has 2 aliphatic rings. The molecule has 0 unspecified atom stereocenters. The number of hydrogen-bond acceptors (Lipinski definition) is 3. The maximum Gasteiger partial charge on any atom is 0.226 e. The lowest BCUT2D eigenvalue weighted by molar-refractivity contribution is -0.136. The second-order valence-corrected chi connectivity index (χ2v) is 9.12. The van der Waals surface area contributed by atoms with Crippen molar-refractivity contribution in [2.24, 2.45) is 11.8 Å². The average Bonchev–Trinajstić information content (AvgIpc) is 2.94. The third kappa shape index (κ3) is 4.34. The molecule has 1 aromatic rings. The molecule has 23 heavy (non-hydrogen) atoms. The SMILES string of the molecule is O=C([C@H]1CCS(=O)(=O)C1)N1CCC(CCc2ccccc2)CC1. The van der Waals surface area contributed by atoms with E-state index >= 15 is 0 Å². The molecule has 1 amide bonds. The van der Waals surface area contributed by atoms with Crippen molar-refractivity contribution in [2.75, 3.05) is 24.6 Å². The van der Waals surface area contributed by atoms with E-state index in [1.807, 2.05) is 11.0 Å². The number of rotatable bonds is 4. The second kappa shape index (κ2) is 7.04. The van der Waals surface area contributed by atoms with Crippen LogP contribution in [0.1, 0.15) is 31.2 Å². The van der Waals surface area contributed by atoms with Crippen LogP contribution in [0.5, 0.6) is 0 Å². The summed E-state index contributed by atoms with van der Waals surface area (Å²) in [5.41, 5.74) is 1.38. The summed E-state index contributed by atoms with van der Waals surface area (Å²) in [4.78, 5) is 14.3. The van der Waals surface area contributed by atoms with E-state index < -0.39 is 9.84 Å². The molecule has 0 bridgehead atoms. The summed E-state index contributed by atoms with van der Waals surface area (Å²) in [6.07, 6.45) is 4.86. The standard InChI is InChI=1S/C18H25NO3S/c20-18(17-10-13-23(21,22)14-17)19-11-8-16(9-12-19)7-6-15-4-2-1-3-5-15/h1-5,16-17H,6-14H2/t17-/m0/s1. The van der Waals surface area contributed by atoms with E-state index in [1.165, 1.54) is 12.0 Å². The molecular formula is C18H25NO3S. The van der Waals surface area contributed by atoms with E-state index in [1.54, 1.807) is 0 Å². The zero-order chi connectivity index (χ0) is 16.3. The summed E-state index contributed by atoms with van der Waals surface area (Å²) >= 11 is 0. The van der Waals surface area contributed by atoms with Gasteiger partial charge < -0.3 is 4.90 Å². The third-order valence-electron chi connectivity index (χ3n) is 5.19. The van der Waals surface area contributed by atoms with Crippen LogP contribution in [0.4, 0.5) is 0 Å². The predicted octanol–water partition coefficient (Wildman–Crippen LogP) is 2.29. The molecule has 2 saturated heterocycles. The van der Waals surface area contributed by atoms with Crippen LogP contribution < -0.4 is 0 Å².